The number of nitrogens with zero attached hydrogens (tertiary/aromatic N) is 3. The van der Waals surface area contributed by atoms with E-state index in [4.69, 9.17) is 0 Å². The quantitative estimate of drug-likeness (QED) is 0.743. The third kappa shape index (κ3) is 5.05. The largest absolute Gasteiger partial charge is 0.351 e. The lowest BCUT2D eigenvalue weighted by Gasteiger charge is -2.24. The lowest BCUT2D eigenvalue weighted by atomic mass is 10.1. The SMILES string of the molecule is Cc1nn([C@@H]2CCS(=O)(=O)C2)c(C)c1CN(C)[C@@H](C)C(=O)NCc1ccccc1. The molecule has 0 spiro atoms. The smallest absolute Gasteiger partial charge is 0.237 e. The summed E-state index contributed by atoms with van der Waals surface area (Å²) in [6.45, 7) is 6.89. The van der Waals surface area contributed by atoms with Gasteiger partial charge in [-0.25, -0.2) is 8.42 Å². The minimum atomic E-state index is -2.97. The zero-order chi connectivity index (χ0) is 21.2. The minimum absolute atomic E-state index is 0.0269. The summed E-state index contributed by atoms with van der Waals surface area (Å²) in [4.78, 5) is 14.6. The second-order valence-electron chi connectivity index (χ2n) is 7.95. The Morgan fingerprint density at radius 1 is 1.31 bits per heavy atom. The van der Waals surface area contributed by atoms with Gasteiger partial charge in [-0.2, -0.15) is 5.10 Å². The van der Waals surface area contributed by atoms with Crippen molar-refractivity contribution < 1.29 is 13.2 Å². The van der Waals surface area contributed by atoms with Gasteiger partial charge >= 0.3 is 0 Å². The fourth-order valence-electron chi connectivity index (χ4n) is 3.77. The van der Waals surface area contributed by atoms with Crippen molar-refractivity contribution in [3.05, 3.63) is 52.8 Å². The maximum absolute atomic E-state index is 12.6. The predicted molar refractivity (Wildman–Crippen MR) is 113 cm³/mol. The number of aryl methyl sites for hydroxylation is 1. The van der Waals surface area contributed by atoms with Crippen molar-refractivity contribution in [1.29, 1.82) is 0 Å². The van der Waals surface area contributed by atoms with Gasteiger partial charge in [-0.05, 0) is 39.8 Å². The van der Waals surface area contributed by atoms with Crippen LogP contribution in [0.5, 0.6) is 0 Å². The molecule has 1 aromatic carbocycles. The van der Waals surface area contributed by atoms with Gasteiger partial charge in [-0.15, -0.1) is 0 Å². The van der Waals surface area contributed by atoms with E-state index in [0.29, 0.717) is 19.5 Å². The monoisotopic (exact) mass is 418 g/mol. The first-order valence-electron chi connectivity index (χ1n) is 9.95. The molecule has 0 radical (unpaired) electrons. The lowest BCUT2D eigenvalue weighted by molar-refractivity contribution is -0.125. The molecule has 1 aliphatic rings. The minimum Gasteiger partial charge on any atom is -0.351 e. The Balaban J connectivity index is 1.64. The molecule has 158 valence electrons. The van der Waals surface area contributed by atoms with E-state index in [0.717, 1.165) is 22.5 Å². The summed E-state index contributed by atoms with van der Waals surface area (Å²) in [7, 11) is -1.05. The molecule has 1 aliphatic heterocycles. The molecule has 1 aromatic heterocycles. The molecule has 1 N–H and O–H groups in total. The molecule has 3 rings (SSSR count). The fourth-order valence-corrected chi connectivity index (χ4v) is 5.46. The van der Waals surface area contributed by atoms with E-state index in [9.17, 15) is 13.2 Å². The Morgan fingerprint density at radius 3 is 2.62 bits per heavy atom. The van der Waals surface area contributed by atoms with Crippen LogP contribution < -0.4 is 5.32 Å². The average Bonchev–Trinajstić information content (AvgIpc) is 3.19. The number of carbonyl (C=O) groups excluding carboxylic acids is 1. The first kappa shape index (κ1) is 21.5. The van der Waals surface area contributed by atoms with Gasteiger partial charge in [-0.1, -0.05) is 30.3 Å². The standard InChI is InChI=1S/C21H30N4O3S/c1-15-20(16(2)25(23-15)19-10-11-29(27,28)14-19)13-24(4)17(3)21(26)22-12-18-8-6-5-7-9-18/h5-9,17,19H,10-14H2,1-4H3,(H,22,26)/t17-,19+/m0/s1. The number of sulfone groups is 1. The molecule has 1 saturated heterocycles. The van der Waals surface area contributed by atoms with Crippen molar-refractivity contribution in [2.24, 2.45) is 0 Å². The Bertz CT molecular complexity index is 969. The summed E-state index contributed by atoms with van der Waals surface area (Å²) < 4.78 is 25.5. The van der Waals surface area contributed by atoms with Crippen molar-refractivity contribution in [2.75, 3.05) is 18.6 Å². The van der Waals surface area contributed by atoms with E-state index in [1.165, 1.54) is 0 Å². The number of likely N-dealkylation sites (N-methyl/N-ethyl adjacent to an activating group) is 1. The average molecular weight is 419 g/mol. The molecule has 1 fully saturated rings. The molecule has 29 heavy (non-hydrogen) atoms. The van der Waals surface area contributed by atoms with Gasteiger partial charge in [0, 0.05) is 24.3 Å². The number of rotatable bonds is 7. The van der Waals surface area contributed by atoms with E-state index >= 15 is 0 Å². The summed E-state index contributed by atoms with van der Waals surface area (Å²) >= 11 is 0. The number of hydrogen-bond acceptors (Lipinski definition) is 5. The first-order valence-corrected chi connectivity index (χ1v) is 11.8. The summed E-state index contributed by atoms with van der Waals surface area (Å²) in [5, 5.41) is 7.60. The molecule has 2 heterocycles. The number of aromatic nitrogens is 2. The maximum Gasteiger partial charge on any atom is 0.237 e. The Kier molecular flexibility index (Phi) is 6.43. The third-order valence-electron chi connectivity index (χ3n) is 5.79. The zero-order valence-corrected chi connectivity index (χ0v) is 18.4. The van der Waals surface area contributed by atoms with E-state index < -0.39 is 9.84 Å². The number of nitrogens with one attached hydrogen (secondary N) is 1. The summed E-state index contributed by atoms with van der Waals surface area (Å²) in [6, 6.07) is 9.44. The highest BCUT2D eigenvalue weighted by Gasteiger charge is 2.32. The normalized spacial score (nSPS) is 19.4. The van der Waals surface area contributed by atoms with E-state index in [1.54, 1.807) is 0 Å². The van der Waals surface area contributed by atoms with Crippen LogP contribution in [0.1, 0.15) is 41.9 Å². The molecular formula is C21H30N4O3S. The van der Waals surface area contributed by atoms with Crippen LogP contribution in [-0.2, 0) is 27.7 Å². The molecule has 7 nitrogen and oxygen atoms in total. The van der Waals surface area contributed by atoms with Crippen LogP contribution in [0.2, 0.25) is 0 Å². The highest BCUT2D eigenvalue weighted by molar-refractivity contribution is 7.91. The molecule has 0 saturated carbocycles. The third-order valence-corrected chi connectivity index (χ3v) is 7.54. The highest BCUT2D eigenvalue weighted by Crippen LogP contribution is 2.27. The Morgan fingerprint density at radius 2 is 2.00 bits per heavy atom. The molecular weight excluding hydrogens is 388 g/mol. The maximum atomic E-state index is 12.6. The van der Waals surface area contributed by atoms with Crippen molar-refractivity contribution in [3.8, 4) is 0 Å². The van der Waals surface area contributed by atoms with Crippen LogP contribution in [0.15, 0.2) is 30.3 Å². The van der Waals surface area contributed by atoms with Crippen LogP contribution in [0.25, 0.3) is 0 Å². The van der Waals surface area contributed by atoms with Crippen molar-refractivity contribution in [3.63, 3.8) is 0 Å². The van der Waals surface area contributed by atoms with Crippen LogP contribution in [0.4, 0.5) is 0 Å². The Hall–Kier alpha value is -2.19. The predicted octanol–water partition coefficient (Wildman–Crippen LogP) is 2.00. The first-order chi connectivity index (χ1) is 13.7. The summed E-state index contributed by atoms with van der Waals surface area (Å²) in [5.74, 6) is 0.354. The molecule has 1 amide bonds. The van der Waals surface area contributed by atoms with Crippen LogP contribution in [0.3, 0.4) is 0 Å². The number of carbonyl (C=O) groups is 1. The van der Waals surface area contributed by atoms with Gasteiger partial charge in [0.05, 0.1) is 29.3 Å². The van der Waals surface area contributed by atoms with E-state index in [-0.39, 0.29) is 29.5 Å². The van der Waals surface area contributed by atoms with Crippen LogP contribution in [0, 0.1) is 13.8 Å². The van der Waals surface area contributed by atoms with E-state index in [1.807, 2.05) is 67.7 Å². The fraction of sp³-hybridized carbons (Fsp3) is 0.524. The second kappa shape index (κ2) is 8.67. The molecule has 0 unspecified atom stereocenters. The molecule has 0 aliphatic carbocycles. The van der Waals surface area contributed by atoms with Crippen molar-refractivity contribution in [2.45, 2.75) is 52.4 Å². The van der Waals surface area contributed by atoms with Crippen LogP contribution in [-0.4, -0.2) is 53.6 Å². The second-order valence-corrected chi connectivity index (χ2v) is 10.2. The van der Waals surface area contributed by atoms with Gasteiger partial charge in [0.2, 0.25) is 5.91 Å². The number of hydrogen-bond donors (Lipinski definition) is 1. The van der Waals surface area contributed by atoms with Gasteiger partial charge in [0.1, 0.15) is 0 Å². The summed E-state index contributed by atoms with van der Waals surface area (Å²) in [6.07, 6.45) is 0.609. The van der Waals surface area contributed by atoms with Crippen LogP contribution >= 0.6 is 0 Å². The molecule has 8 heteroatoms. The highest BCUT2D eigenvalue weighted by atomic mass is 32.2. The summed E-state index contributed by atoms with van der Waals surface area (Å²) in [5.41, 5.74) is 3.98. The molecule has 2 aromatic rings. The topological polar surface area (TPSA) is 84.3 Å². The Labute approximate surface area is 173 Å². The lowest BCUT2D eigenvalue weighted by Crippen LogP contribution is -2.42. The van der Waals surface area contributed by atoms with Gasteiger partial charge in [0.25, 0.3) is 0 Å². The zero-order valence-electron chi connectivity index (χ0n) is 17.6. The van der Waals surface area contributed by atoms with Gasteiger partial charge < -0.3 is 5.32 Å². The van der Waals surface area contributed by atoms with Gasteiger partial charge in [-0.3, -0.25) is 14.4 Å². The van der Waals surface area contributed by atoms with Gasteiger partial charge in [0.15, 0.2) is 9.84 Å². The number of amides is 1. The molecule has 0 bridgehead atoms. The molecule has 2 atom stereocenters. The van der Waals surface area contributed by atoms with E-state index in [2.05, 4.69) is 10.4 Å². The van der Waals surface area contributed by atoms with Crippen molar-refractivity contribution >= 4 is 15.7 Å². The van der Waals surface area contributed by atoms with Crippen molar-refractivity contribution in [1.82, 2.24) is 20.0 Å². The number of benzene rings is 1.